The van der Waals surface area contributed by atoms with Crippen LogP contribution in [0.2, 0.25) is 0 Å². The molecule has 0 radical (unpaired) electrons. The predicted octanol–water partition coefficient (Wildman–Crippen LogP) is 5.76. The van der Waals surface area contributed by atoms with Crippen molar-refractivity contribution in [1.29, 1.82) is 0 Å². The Labute approximate surface area is 152 Å². The van der Waals surface area contributed by atoms with Gasteiger partial charge in [-0.05, 0) is 30.9 Å². The third-order valence-corrected chi connectivity index (χ3v) is 4.60. The number of hydrogen-bond acceptors (Lipinski definition) is 1. The minimum Gasteiger partial charge on any atom is -0.349 e. The van der Waals surface area contributed by atoms with E-state index >= 15 is 0 Å². The average Bonchev–Trinajstić information content (AvgIpc) is 2.63. The van der Waals surface area contributed by atoms with Crippen LogP contribution < -0.4 is 5.32 Å². The number of carbonyl (C=O) groups is 1. The number of nitrogens with one attached hydrogen (secondary N) is 1. The van der Waals surface area contributed by atoms with Crippen LogP contribution in [-0.2, 0) is 11.2 Å². The van der Waals surface area contributed by atoms with Gasteiger partial charge in [-0.25, -0.2) is 0 Å². The summed E-state index contributed by atoms with van der Waals surface area (Å²) in [6.07, 6.45) is 7.32. The van der Waals surface area contributed by atoms with Crippen molar-refractivity contribution in [1.82, 2.24) is 5.32 Å². The number of unbranched alkanes of at least 4 members (excludes halogenated alkanes) is 4. The maximum Gasteiger partial charge on any atom is 0.220 e. The fraction of sp³-hybridized carbons (Fsp3) is 0.435. The van der Waals surface area contributed by atoms with Crippen molar-refractivity contribution < 1.29 is 4.79 Å². The molecule has 0 unspecified atom stereocenters. The van der Waals surface area contributed by atoms with Crippen LogP contribution in [0.25, 0.3) is 0 Å². The second-order valence-corrected chi connectivity index (χ2v) is 6.88. The van der Waals surface area contributed by atoms with Gasteiger partial charge in [0.1, 0.15) is 0 Å². The van der Waals surface area contributed by atoms with Crippen LogP contribution in [0.15, 0.2) is 54.6 Å². The van der Waals surface area contributed by atoms with Gasteiger partial charge in [-0.1, -0.05) is 92.8 Å². The van der Waals surface area contributed by atoms with Crippen LogP contribution in [0.5, 0.6) is 0 Å². The molecule has 2 aromatic carbocycles. The molecule has 0 aliphatic carbocycles. The van der Waals surface area contributed by atoms with Gasteiger partial charge in [0.2, 0.25) is 5.91 Å². The summed E-state index contributed by atoms with van der Waals surface area (Å²) in [5, 5.41) is 3.25. The molecule has 0 aromatic heterocycles. The molecule has 0 heterocycles. The third-order valence-electron chi connectivity index (χ3n) is 4.60. The quantitative estimate of drug-likeness (QED) is 0.549. The topological polar surface area (TPSA) is 29.1 Å². The van der Waals surface area contributed by atoms with Crippen LogP contribution in [0.3, 0.4) is 0 Å². The Morgan fingerprint density at radius 3 is 2.28 bits per heavy atom. The van der Waals surface area contributed by atoms with E-state index in [1.54, 1.807) is 0 Å². The largest absolute Gasteiger partial charge is 0.349 e. The van der Waals surface area contributed by atoms with E-state index in [9.17, 15) is 4.79 Å². The van der Waals surface area contributed by atoms with Gasteiger partial charge in [0.05, 0.1) is 6.04 Å². The van der Waals surface area contributed by atoms with Crippen molar-refractivity contribution in [2.24, 2.45) is 0 Å². The fourth-order valence-electron chi connectivity index (χ4n) is 3.05. The zero-order valence-electron chi connectivity index (χ0n) is 15.6. The second kappa shape index (κ2) is 10.7. The normalized spacial score (nSPS) is 11.9. The Hall–Kier alpha value is -2.09. The summed E-state index contributed by atoms with van der Waals surface area (Å²) in [6, 6.07) is 18.9. The van der Waals surface area contributed by atoms with Gasteiger partial charge < -0.3 is 5.32 Å². The molecule has 0 spiro atoms. The van der Waals surface area contributed by atoms with Gasteiger partial charge in [-0.3, -0.25) is 4.79 Å². The van der Waals surface area contributed by atoms with Crippen LogP contribution in [0, 0.1) is 6.92 Å². The molecule has 0 aliphatic rings. The Balaban J connectivity index is 1.95. The predicted molar refractivity (Wildman–Crippen MR) is 106 cm³/mol. The molecular formula is C23H31NO. The molecule has 134 valence electrons. The molecule has 1 N–H and O–H groups in total. The summed E-state index contributed by atoms with van der Waals surface area (Å²) in [5.74, 6) is 0.164. The van der Waals surface area contributed by atoms with Crippen molar-refractivity contribution in [3.8, 4) is 0 Å². The lowest BCUT2D eigenvalue weighted by atomic mass is 9.98. The maximum absolute atomic E-state index is 12.4. The van der Waals surface area contributed by atoms with E-state index in [0.717, 1.165) is 19.3 Å². The Kier molecular flexibility index (Phi) is 8.24. The first-order valence-corrected chi connectivity index (χ1v) is 9.59. The van der Waals surface area contributed by atoms with Crippen LogP contribution in [0.4, 0.5) is 0 Å². The van der Waals surface area contributed by atoms with E-state index in [1.165, 1.54) is 36.0 Å². The zero-order valence-corrected chi connectivity index (χ0v) is 15.6. The number of aryl methyl sites for hydroxylation is 1. The second-order valence-electron chi connectivity index (χ2n) is 6.88. The summed E-state index contributed by atoms with van der Waals surface area (Å²) in [7, 11) is 0. The molecular weight excluding hydrogens is 306 g/mol. The Morgan fingerprint density at radius 1 is 0.920 bits per heavy atom. The van der Waals surface area contributed by atoms with E-state index in [-0.39, 0.29) is 11.9 Å². The number of carbonyl (C=O) groups excluding carboxylic acids is 1. The summed E-state index contributed by atoms with van der Waals surface area (Å²) in [4.78, 5) is 12.4. The van der Waals surface area contributed by atoms with Gasteiger partial charge in [0.25, 0.3) is 0 Å². The van der Waals surface area contributed by atoms with Crippen LogP contribution in [0.1, 0.15) is 68.2 Å². The van der Waals surface area contributed by atoms with E-state index in [0.29, 0.717) is 6.42 Å². The van der Waals surface area contributed by atoms with Gasteiger partial charge in [-0.15, -0.1) is 0 Å². The minimum absolute atomic E-state index is 0.0343. The lowest BCUT2D eigenvalue weighted by molar-refractivity contribution is -0.122. The smallest absolute Gasteiger partial charge is 0.220 e. The lowest BCUT2D eigenvalue weighted by Crippen LogP contribution is -2.29. The molecule has 1 atom stereocenters. The first-order chi connectivity index (χ1) is 12.2. The summed E-state index contributed by atoms with van der Waals surface area (Å²) in [6.45, 7) is 4.31. The molecule has 2 aromatic rings. The summed E-state index contributed by atoms with van der Waals surface area (Å²) in [5.41, 5.74) is 3.68. The molecule has 2 rings (SSSR count). The SMILES string of the molecule is CCCCCCCC(=O)N[C@@H](Cc1ccc(C)cc1)c1ccccc1. The monoisotopic (exact) mass is 337 g/mol. The van der Waals surface area contributed by atoms with E-state index in [4.69, 9.17) is 0 Å². The van der Waals surface area contributed by atoms with Crippen LogP contribution >= 0.6 is 0 Å². The standard InChI is InChI=1S/C23H31NO/c1-3-4-5-6-10-13-23(25)24-22(21-11-8-7-9-12-21)18-20-16-14-19(2)15-17-20/h7-9,11-12,14-17,22H,3-6,10,13,18H2,1-2H3,(H,24,25)/t22-/m0/s1. The summed E-state index contributed by atoms with van der Waals surface area (Å²) < 4.78 is 0. The molecule has 0 bridgehead atoms. The van der Waals surface area contributed by atoms with Crippen molar-refractivity contribution in [2.45, 2.75) is 64.8 Å². The van der Waals surface area contributed by atoms with Crippen molar-refractivity contribution in [2.75, 3.05) is 0 Å². The van der Waals surface area contributed by atoms with Crippen molar-refractivity contribution in [3.05, 3.63) is 71.3 Å². The lowest BCUT2D eigenvalue weighted by Gasteiger charge is -2.20. The minimum atomic E-state index is 0.0343. The summed E-state index contributed by atoms with van der Waals surface area (Å²) >= 11 is 0. The zero-order chi connectivity index (χ0) is 17.9. The average molecular weight is 338 g/mol. The van der Waals surface area contributed by atoms with E-state index in [1.807, 2.05) is 18.2 Å². The van der Waals surface area contributed by atoms with Crippen molar-refractivity contribution >= 4 is 5.91 Å². The molecule has 0 saturated heterocycles. The number of rotatable bonds is 10. The number of benzene rings is 2. The van der Waals surface area contributed by atoms with Crippen molar-refractivity contribution in [3.63, 3.8) is 0 Å². The van der Waals surface area contributed by atoms with Gasteiger partial charge in [0.15, 0.2) is 0 Å². The van der Waals surface area contributed by atoms with Gasteiger partial charge >= 0.3 is 0 Å². The van der Waals surface area contributed by atoms with Crippen LogP contribution in [-0.4, -0.2) is 5.91 Å². The number of amides is 1. The molecule has 0 fully saturated rings. The Bertz CT molecular complexity index is 618. The molecule has 0 aliphatic heterocycles. The van der Waals surface area contributed by atoms with E-state index in [2.05, 4.69) is 55.6 Å². The fourth-order valence-corrected chi connectivity index (χ4v) is 3.05. The highest BCUT2D eigenvalue weighted by Crippen LogP contribution is 2.19. The third kappa shape index (κ3) is 7.13. The highest BCUT2D eigenvalue weighted by Gasteiger charge is 2.15. The first-order valence-electron chi connectivity index (χ1n) is 9.59. The van der Waals surface area contributed by atoms with Gasteiger partial charge in [-0.2, -0.15) is 0 Å². The molecule has 25 heavy (non-hydrogen) atoms. The highest BCUT2D eigenvalue weighted by atomic mass is 16.1. The molecule has 1 amide bonds. The van der Waals surface area contributed by atoms with E-state index < -0.39 is 0 Å². The van der Waals surface area contributed by atoms with Gasteiger partial charge in [0, 0.05) is 6.42 Å². The first kappa shape index (κ1) is 19.2. The highest BCUT2D eigenvalue weighted by molar-refractivity contribution is 5.76. The molecule has 2 nitrogen and oxygen atoms in total. The molecule has 0 saturated carbocycles. The molecule has 2 heteroatoms. The maximum atomic E-state index is 12.4. The number of hydrogen-bond donors (Lipinski definition) is 1. The Morgan fingerprint density at radius 2 is 1.60 bits per heavy atom.